The van der Waals surface area contributed by atoms with Crippen molar-refractivity contribution >= 4 is 0 Å². The van der Waals surface area contributed by atoms with Crippen molar-refractivity contribution < 1.29 is 4.74 Å². The van der Waals surface area contributed by atoms with E-state index in [1.165, 1.54) is 45.3 Å². The molecule has 2 fully saturated rings. The largest absolute Gasteiger partial charge is 0.380 e. The van der Waals surface area contributed by atoms with E-state index >= 15 is 0 Å². The van der Waals surface area contributed by atoms with E-state index in [1.807, 2.05) is 0 Å². The lowest BCUT2D eigenvalue weighted by Crippen LogP contribution is -2.33. The molecule has 2 rings (SSSR count). The Bertz CT molecular complexity index is 163. The molecule has 1 N–H and O–H groups in total. The normalized spacial score (nSPS) is 28.4. The average Bonchev–Trinajstić information content (AvgIpc) is 2.79. The lowest BCUT2D eigenvalue weighted by molar-refractivity contribution is 0.0767. The second-order valence-corrected chi connectivity index (χ2v) is 4.84. The molecule has 0 aromatic heterocycles. The summed E-state index contributed by atoms with van der Waals surface area (Å²) in [5.41, 5.74) is 0. The van der Waals surface area contributed by atoms with Gasteiger partial charge >= 0.3 is 0 Å². The number of rotatable bonds is 5. The first-order valence-corrected chi connectivity index (χ1v) is 6.46. The van der Waals surface area contributed by atoms with Crippen molar-refractivity contribution in [3.8, 4) is 0 Å². The van der Waals surface area contributed by atoms with Crippen molar-refractivity contribution in [3.05, 3.63) is 0 Å². The van der Waals surface area contributed by atoms with Crippen LogP contribution in [0, 0.1) is 5.92 Å². The third-order valence-corrected chi connectivity index (χ3v) is 3.52. The summed E-state index contributed by atoms with van der Waals surface area (Å²) in [6.07, 6.45) is 5.48. The second-order valence-electron chi connectivity index (χ2n) is 4.84. The van der Waals surface area contributed by atoms with Gasteiger partial charge in [-0.3, -0.25) is 0 Å². The summed E-state index contributed by atoms with van der Waals surface area (Å²) in [6, 6.07) is 0. The Kier molecular flexibility index (Phi) is 4.90. The fourth-order valence-corrected chi connectivity index (χ4v) is 2.48. The Morgan fingerprint density at radius 3 is 2.80 bits per heavy atom. The quantitative estimate of drug-likeness (QED) is 0.691. The van der Waals surface area contributed by atoms with Crippen LogP contribution in [0.4, 0.5) is 0 Å². The number of hydrogen-bond acceptors (Lipinski definition) is 3. The lowest BCUT2D eigenvalue weighted by atomic mass is 10.1. The topological polar surface area (TPSA) is 24.5 Å². The predicted molar refractivity (Wildman–Crippen MR) is 62.1 cm³/mol. The van der Waals surface area contributed by atoms with Crippen molar-refractivity contribution in [2.45, 2.75) is 25.7 Å². The zero-order valence-corrected chi connectivity index (χ0v) is 9.71. The van der Waals surface area contributed by atoms with Crippen molar-refractivity contribution in [1.29, 1.82) is 0 Å². The molecule has 0 aliphatic carbocycles. The molecule has 1 unspecified atom stereocenters. The van der Waals surface area contributed by atoms with Gasteiger partial charge in [0.15, 0.2) is 0 Å². The molecule has 1 atom stereocenters. The maximum atomic E-state index is 5.74. The molecular weight excluding hydrogens is 188 g/mol. The van der Waals surface area contributed by atoms with Crippen LogP contribution in [0.2, 0.25) is 0 Å². The first kappa shape index (κ1) is 11.4. The standard InChI is InChI=1S/C12H24N2O/c1-2-6-14(7-3-1)8-9-15-11-12-4-5-13-10-12/h12-13H,1-11H2. The highest BCUT2D eigenvalue weighted by atomic mass is 16.5. The Labute approximate surface area is 93.2 Å². The van der Waals surface area contributed by atoms with Crippen molar-refractivity contribution in [3.63, 3.8) is 0 Å². The van der Waals surface area contributed by atoms with Crippen molar-refractivity contribution in [2.24, 2.45) is 5.92 Å². The molecule has 15 heavy (non-hydrogen) atoms. The highest BCUT2D eigenvalue weighted by molar-refractivity contribution is 4.70. The van der Waals surface area contributed by atoms with Gasteiger partial charge in [-0.1, -0.05) is 6.42 Å². The van der Waals surface area contributed by atoms with Gasteiger partial charge in [0.25, 0.3) is 0 Å². The van der Waals surface area contributed by atoms with E-state index in [9.17, 15) is 0 Å². The van der Waals surface area contributed by atoms with Gasteiger partial charge in [-0.05, 0) is 44.8 Å². The van der Waals surface area contributed by atoms with E-state index in [0.29, 0.717) is 0 Å². The first-order chi connectivity index (χ1) is 7.45. The SMILES string of the molecule is C1CCN(CCOCC2CCNC2)CC1. The van der Waals surface area contributed by atoms with Crippen LogP contribution in [-0.2, 0) is 4.74 Å². The molecule has 3 nitrogen and oxygen atoms in total. The molecule has 2 saturated heterocycles. The molecule has 0 saturated carbocycles. The molecule has 0 radical (unpaired) electrons. The summed E-state index contributed by atoms with van der Waals surface area (Å²) in [4.78, 5) is 2.54. The molecule has 0 aromatic rings. The summed E-state index contributed by atoms with van der Waals surface area (Å²) < 4.78 is 5.74. The number of likely N-dealkylation sites (tertiary alicyclic amines) is 1. The van der Waals surface area contributed by atoms with Gasteiger partial charge in [0.2, 0.25) is 0 Å². The molecular formula is C12H24N2O. The van der Waals surface area contributed by atoms with Crippen molar-refractivity contribution in [2.75, 3.05) is 45.9 Å². The van der Waals surface area contributed by atoms with E-state index < -0.39 is 0 Å². The van der Waals surface area contributed by atoms with Gasteiger partial charge in [0.1, 0.15) is 0 Å². The molecule has 88 valence electrons. The molecule has 0 aromatic carbocycles. The summed E-state index contributed by atoms with van der Waals surface area (Å²) in [6.45, 7) is 7.93. The molecule has 0 amide bonds. The third kappa shape index (κ3) is 4.09. The smallest absolute Gasteiger partial charge is 0.0593 e. The van der Waals surface area contributed by atoms with Crippen LogP contribution in [0.25, 0.3) is 0 Å². The highest BCUT2D eigenvalue weighted by Gasteiger charge is 2.14. The Hall–Kier alpha value is -0.120. The zero-order chi connectivity index (χ0) is 10.3. The van der Waals surface area contributed by atoms with Crippen molar-refractivity contribution in [1.82, 2.24) is 10.2 Å². The highest BCUT2D eigenvalue weighted by Crippen LogP contribution is 2.09. The summed E-state index contributed by atoms with van der Waals surface area (Å²) in [7, 11) is 0. The van der Waals surface area contributed by atoms with Crippen LogP contribution in [-0.4, -0.2) is 50.8 Å². The minimum absolute atomic E-state index is 0.770. The fraction of sp³-hybridized carbons (Fsp3) is 1.00. The molecule has 3 heteroatoms. The fourth-order valence-electron chi connectivity index (χ4n) is 2.48. The third-order valence-electron chi connectivity index (χ3n) is 3.52. The van der Waals surface area contributed by atoms with Crippen LogP contribution in [0.1, 0.15) is 25.7 Å². The van der Waals surface area contributed by atoms with Gasteiger partial charge in [0.05, 0.1) is 13.2 Å². The number of nitrogens with zero attached hydrogens (tertiary/aromatic N) is 1. The molecule has 0 bridgehead atoms. The molecule has 0 spiro atoms. The second kappa shape index (κ2) is 6.46. The Morgan fingerprint density at radius 1 is 1.20 bits per heavy atom. The monoisotopic (exact) mass is 212 g/mol. The van der Waals surface area contributed by atoms with Crippen LogP contribution in [0.5, 0.6) is 0 Å². The first-order valence-electron chi connectivity index (χ1n) is 6.46. The van der Waals surface area contributed by atoms with E-state index in [0.717, 1.165) is 32.2 Å². The lowest BCUT2D eigenvalue weighted by Gasteiger charge is -2.26. The maximum Gasteiger partial charge on any atom is 0.0593 e. The number of ether oxygens (including phenoxy) is 1. The summed E-state index contributed by atoms with van der Waals surface area (Å²) >= 11 is 0. The van der Waals surface area contributed by atoms with E-state index in [-0.39, 0.29) is 0 Å². The summed E-state index contributed by atoms with van der Waals surface area (Å²) in [5, 5.41) is 3.37. The zero-order valence-electron chi connectivity index (χ0n) is 9.71. The number of hydrogen-bond donors (Lipinski definition) is 1. The van der Waals surface area contributed by atoms with E-state index in [4.69, 9.17) is 4.74 Å². The molecule has 2 heterocycles. The molecule has 2 aliphatic rings. The predicted octanol–water partition coefficient (Wildman–Crippen LogP) is 1.10. The van der Waals surface area contributed by atoms with E-state index in [1.54, 1.807) is 0 Å². The Morgan fingerprint density at radius 2 is 2.07 bits per heavy atom. The maximum absolute atomic E-state index is 5.74. The minimum atomic E-state index is 0.770. The number of nitrogens with one attached hydrogen (secondary N) is 1. The van der Waals surface area contributed by atoms with Gasteiger partial charge in [-0.2, -0.15) is 0 Å². The van der Waals surface area contributed by atoms with Gasteiger partial charge in [-0.15, -0.1) is 0 Å². The van der Waals surface area contributed by atoms with Crippen LogP contribution < -0.4 is 5.32 Å². The summed E-state index contributed by atoms with van der Waals surface area (Å²) in [5.74, 6) is 0.770. The average molecular weight is 212 g/mol. The van der Waals surface area contributed by atoms with Crippen LogP contribution in [0.15, 0.2) is 0 Å². The van der Waals surface area contributed by atoms with Crippen LogP contribution >= 0.6 is 0 Å². The van der Waals surface area contributed by atoms with E-state index in [2.05, 4.69) is 10.2 Å². The Balaban J connectivity index is 1.47. The van der Waals surface area contributed by atoms with Crippen LogP contribution in [0.3, 0.4) is 0 Å². The minimum Gasteiger partial charge on any atom is -0.380 e. The van der Waals surface area contributed by atoms with Gasteiger partial charge in [-0.25, -0.2) is 0 Å². The number of piperidine rings is 1. The van der Waals surface area contributed by atoms with Gasteiger partial charge in [0, 0.05) is 13.1 Å². The molecule has 2 aliphatic heterocycles. The van der Waals surface area contributed by atoms with Gasteiger partial charge < -0.3 is 15.0 Å².